The van der Waals surface area contributed by atoms with Gasteiger partial charge in [-0.2, -0.15) is 0 Å². The van der Waals surface area contributed by atoms with Crippen molar-refractivity contribution in [3.8, 4) is 17.2 Å². The molecule has 0 bridgehead atoms. The number of hydrogen-bond acceptors (Lipinski definition) is 4. The summed E-state index contributed by atoms with van der Waals surface area (Å²) in [7, 11) is 0. The molecular weight excluding hydrogens is 350 g/mol. The molecule has 0 aromatic heterocycles. The second-order valence-corrected chi connectivity index (χ2v) is 8.09. The summed E-state index contributed by atoms with van der Waals surface area (Å²) < 4.78 is 0. The largest absolute Gasteiger partial charge is 0.508 e. The first-order valence-corrected chi connectivity index (χ1v) is 11.6. The molecule has 0 radical (unpaired) electrons. The highest BCUT2D eigenvalue weighted by molar-refractivity contribution is 5.67. The average Bonchev–Trinajstić information content (AvgIpc) is 2.66. The van der Waals surface area contributed by atoms with E-state index >= 15 is 0 Å². The Balaban J connectivity index is 1.84. The van der Waals surface area contributed by atoms with Gasteiger partial charge in [0.1, 0.15) is 22.9 Å². The third kappa shape index (κ3) is 12.0. The van der Waals surface area contributed by atoms with Crippen molar-refractivity contribution in [3.05, 3.63) is 12.1 Å². The highest BCUT2D eigenvalue weighted by Gasteiger charge is 2.08. The second kappa shape index (κ2) is 16.4. The highest BCUT2D eigenvalue weighted by Crippen LogP contribution is 2.36. The van der Waals surface area contributed by atoms with Crippen LogP contribution in [0.25, 0.3) is 0 Å². The van der Waals surface area contributed by atoms with Gasteiger partial charge in [0.2, 0.25) is 0 Å². The van der Waals surface area contributed by atoms with Crippen molar-refractivity contribution in [2.24, 2.45) is 0 Å². The topological polar surface area (TPSA) is 72.7 Å². The van der Waals surface area contributed by atoms with Crippen molar-refractivity contribution in [3.63, 3.8) is 0 Å². The van der Waals surface area contributed by atoms with Gasteiger partial charge in [-0.3, -0.25) is 0 Å². The summed E-state index contributed by atoms with van der Waals surface area (Å²) in [6.07, 6.45) is 21.5. The zero-order valence-corrected chi connectivity index (χ0v) is 18.0. The lowest BCUT2D eigenvalue weighted by Crippen LogP contribution is -2.02. The van der Waals surface area contributed by atoms with E-state index in [1.807, 2.05) is 0 Å². The minimum Gasteiger partial charge on any atom is -0.508 e. The molecule has 1 aromatic rings. The Bertz CT molecular complexity index is 482. The summed E-state index contributed by atoms with van der Waals surface area (Å²) >= 11 is 0. The minimum absolute atomic E-state index is 0.117. The van der Waals surface area contributed by atoms with E-state index in [0.29, 0.717) is 12.2 Å². The summed E-state index contributed by atoms with van der Waals surface area (Å²) in [6.45, 7) is 2.99. The molecule has 4 heteroatoms. The molecule has 28 heavy (non-hydrogen) atoms. The predicted molar refractivity (Wildman–Crippen MR) is 119 cm³/mol. The normalized spacial score (nSPS) is 11.0. The molecule has 4 N–H and O–H groups in total. The first-order chi connectivity index (χ1) is 13.6. The Kier molecular flexibility index (Phi) is 14.3. The van der Waals surface area contributed by atoms with Crippen molar-refractivity contribution in [2.45, 2.75) is 110 Å². The van der Waals surface area contributed by atoms with Gasteiger partial charge in [0.05, 0.1) is 0 Å². The van der Waals surface area contributed by atoms with Gasteiger partial charge in [-0.1, -0.05) is 103 Å². The molecule has 0 amide bonds. The van der Waals surface area contributed by atoms with Crippen LogP contribution < -0.4 is 5.32 Å². The molecule has 0 saturated heterocycles. The molecule has 0 heterocycles. The zero-order chi connectivity index (χ0) is 20.5. The van der Waals surface area contributed by atoms with Crippen LogP contribution in [-0.4, -0.2) is 21.9 Å². The molecule has 0 spiro atoms. The number of hydrogen-bond donors (Lipinski definition) is 4. The lowest BCUT2D eigenvalue weighted by atomic mass is 10.0. The number of phenols is 3. The van der Waals surface area contributed by atoms with Crippen molar-refractivity contribution in [1.82, 2.24) is 0 Å². The standard InChI is InChI=1S/C24H43NO3/c1-2-3-4-5-6-7-8-9-10-11-12-13-14-15-16-17-18-25-24-22(27)19-21(26)20-23(24)28/h19-20,25-28H,2-18H2,1H3. The molecule has 0 aliphatic carbocycles. The Labute approximate surface area is 172 Å². The molecule has 0 aliphatic heterocycles. The molecular formula is C24H43NO3. The van der Waals surface area contributed by atoms with Crippen molar-refractivity contribution in [2.75, 3.05) is 11.9 Å². The van der Waals surface area contributed by atoms with E-state index in [2.05, 4.69) is 12.2 Å². The molecule has 0 fully saturated rings. The van der Waals surface area contributed by atoms with Gasteiger partial charge in [0.15, 0.2) is 0 Å². The highest BCUT2D eigenvalue weighted by atomic mass is 16.3. The zero-order valence-electron chi connectivity index (χ0n) is 18.0. The second-order valence-electron chi connectivity index (χ2n) is 8.09. The summed E-state index contributed by atoms with van der Waals surface area (Å²) in [4.78, 5) is 0. The van der Waals surface area contributed by atoms with Gasteiger partial charge in [0.25, 0.3) is 0 Å². The maximum Gasteiger partial charge on any atom is 0.146 e. The van der Waals surface area contributed by atoms with E-state index in [0.717, 1.165) is 12.8 Å². The first-order valence-electron chi connectivity index (χ1n) is 11.6. The number of nitrogens with one attached hydrogen (secondary N) is 1. The monoisotopic (exact) mass is 393 g/mol. The third-order valence-corrected chi connectivity index (χ3v) is 5.41. The van der Waals surface area contributed by atoms with E-state index in [1.54, 1.807) is 0 Å². The fourth-order valence-electron chi connectivity index (χ4n) is 3.66. The van der Waals surface area contributed by atoms with Crippen molar-refractivity contribution < 1.29 is 15.3 Å². The van der Waals surface area contributed by atoms with E-state index in [-0.39, 0.29) is 17.2 Å². The van der Waals surface area contributed by atoms with E-state index in [4.69, 9.17) is 0 Å². The number of aromatic hydroxyl groups is 3. The summed E-state index contributed by atoms with van der Waals surface area (Å²) in [5.74, 6) is -0.369. The maximum absolute atomic E-state index is 9.72. The van der Waals surface area contributed by atoms with Gasteiger partial charge in [-0.05, 0) is 6.42 Å². The fourth-order valence-corrected chi connectivity index (χ4v) is 3.66. The van der Waals surface area contributed by atoms with Gasteiger partial charge < -0.3 is 20.6 Å². The molecule has 0 saturated carbocycles. The quantitative estimate of drug-likeness (QED) is 0.118. The van der Waals surface area contributed by atoms with Gasteiger partial charge in [-0.25, -0.2) is 0 Å². The van der Waals surface area contributed by atoms with Crippen LogP contribution in [0, 0.1) is 0 Å². The molecule has 0 aliphatic rings. The maximum atomic E-state index is 9.72. The Morgan fingerprint density at radius 2 is 0.929 bits per heavy atom. The summed E-state index contributed by atoms with van der Waals surface area (Å²) in [5.41, 5.74) is 0.304. The van der Waals surface area contributed by atoms with Crippen LogP contribution in [0.5, 0.6) is 17.2 Å². The molecule has 1 aromatic carbocycles. The third-order valence-electron chi connectivity index (χ3n) is 5.41. The van der Waals surface area contributed by atoms with Crippen LogP contribution in [0.4, 0.5) is 5.69 Å². The van der Waals surface area contributed by atoms with Crippen LogP contribution in [0.15, 0.2) is 12.1 Å². The number of unbranched alkanes of at least 4 members (excludes halogenated alkanes) is 15. The minimum atomic E-state index is -0.136. The van der Waals surface area contributed by atoms with Crippen molar-refractivity contribution in [1.29, 1.82) is 0 Å². The van der Waals surface area contributed by atoms with Gasteiger partial charge in [0, 0.05) is 18.7 Å². The molecule has 0 unspecified atom stereocenters. The number of benzene rings is 1. The lowest BCUT2D eigenvalue weighted by Gasteiger charge is -2.10. The van der Waals surface area contributed by atoms with E-state index < -0.39 is 0 Å². The van der Waals surface area contributed by atoms with E-state index in [9.17, 15) is 15.3 Å². The van der Waals surface area contributed by atoms with Crippen LogP contribution in [-0.2, 0) is 0 Å². The Morgan fingerprint density at radius 1 is 0.571 bits per heavy atom. The smallest absolute Gasteiger partial charge is 0.146 e. The average molecular weight is 394 g/mol. The summed E-state index contributed by atoms with van der Waals surface area (Å²) in [6, 6.07) is 2.46. The van der Waals surface area contributed by atoms with Crippen LogP contribution in [0.2, 0.25) is 0 Å². The Hall–Kier alpha value is -1.58. The first kappa shape index (κ1) is 24.5. The number of rotatable bonds is 18. The SMILES string of the molecule is CCCCCCCCCCCCCCCCCCNc1c(O)cc(O)cc1O. The molecule has 1 rings (SSSR count). The number of anilines is 1. The van der Waals surface area contributed by atoms with Gasteiger partial charge >= 0.3 is 0 Å². The van der Waals surface area contributed by atoms with E-state index in [1.165, 1.54) is 102 Å². The van der Waals surface area contributed by atoms with Gasteiger partial charge in [-0.15, -0.1) is 0 Å². The molecule has 4 nitrogen and oxygen atoms in total. The van der Waals surface area contributed by atoms with Crippen LogP contribution in [0.1, 0.15) is 110 Å². The van der Waals surface area contributed by atoms with Crippen molar-refractivity contribution >= 4 is 5.69 Å². The number of phenolic OH excluding ortho intramolecular Hbond substituents is 3. The predicted octanol–water partition coefficient (Wildman–Crippen LogP) is 7.48. The molecule has 162 valence electrons. The van der Waals surface area contributed by atoms with Crippen LogP contribution >= 0.6 is 0 Å². The van der Waals surface area contributed by atoms with Crippen LogP contribution in [0.3, 0.4) is 0 Å². The fraction of sp³-hybridized carbons (Fsp3) is 0.750. The Morgan fingerprint density at radius 3 is 1.32 bits per heavy atom. The molecule has 0 atom stereocenters. The lowest BCUT2D eigenvalue weighted by molar-refractivity contribution is 0.430. The summed E-state index contributed by atoms with van der Waals surface area (Å²) in [5, 5.41) is 31.8.